The number of pyridine rings is 1. The first-order valence-corrected chi connectivity index (χ1v) is 7.87. The SMILES string of the molecule is Cc1ccc(C(=O)N2CCC[C@@H](c3ncc(C(F)(F)F)[nH]3)C2)c(=O)[nH]1. The Kier molecular flexibility index (Phi) is 4.40. The molecule has 0 spiro atoms. The van der Waals surface area contributed by atoms with Crippen LogP contribution in [0, 0.1) is 6.92 Å². The molecule has 0 bridgehead atoms. The number of carbonyl (C=O) groups is 1. The van der Waals surface area contributed by atoms with Crippen LogP contribution in [0.5, 0.6) is 0 Å². The summed E-state index contributed by atoms with van der Waals surface area (Å²) < 4.78 is 38.1. The van der Waals surface area contributed by atoms with Crippen LogP contribution in [0.2, 0.25) is 0 Å². The fourth-order valence-corrected chi connectivity index (χ4v) is 2.98. The highest BCUT2D eigenvalue weighted by Gasteiger charge is 2.35. The summed E-state index contributed by atoms with van der Waals surface area (Å²) in [6.45, 7) is 2.38. The zero-order valence-electron chi connectivity index (χ0n) is 13.5. The highest BCUT2D eigenvalue weighted by Crippen LogP contribution is 2.31. The topological polar surface area (TPSA) is 81.8 Å². The largest absolute Gasteiger partial charge is 0.432 e. The summed E-state index contributed by atoms with van der Waals surface area (Å²) in [5.41, 5.74) is -0.694. The van der Waals surface area contributed by atoms with E-state index < -0.39 is 23.3 Å². The highest BCUT2D eigenvalue weighted by molar-refractivity contribution is 5.93. The number of likely N-dealkylation sites (tertiary alicyclic amines) is 1. The number of hydrogen-bond donors (Lipinski definition) is 2. The summed E-state index contributed by atoms with van der Waals surface area (Å²) in [5.74, 6) is -0.533. The Morgan fingerprint density at radius 3 is 2.72 bits per heavy atom. The zero-order chi connectivity index (χ0) is 18.2. The third-order valence-electron chi connectivity index (χ3n) is 4.28. The summed E-state index contributed by atoms with van der Waals surface area (Å²) in [4.78, 5) is 34.7. The van der Waals surface area contributed by atoms with Crippen molar-refractivity contribution in [2.75, 3.05) is 13.1 Å². The first-order chi connectivity index (χ1) is 11.8. The van der Waals surface area contributed by atoms with E-state index in [0.29, 0.717) is 25.1 Å². The number of aromatic amines is 2. The number of carbonyl (C=O) groups excluding carboxylic acids is 1. The molecule has 2 aromatic heterocycles. The van der Waals surface area contributed by atoms with Crippen LogP contribution in [0.4, 0.5) is 13.2 Å². The molecule has 2 aromatic rings. The van der Waals surface area contributed by atoms with E-state index in [0.717, 1.165) is 6.20 Å². The lowest BCUT2D eigenvalue weighted by atomic mass is 9.97. The number of rotatable bonds is 2. The molecule has 6 nitrogen and oxygen atoms in total. The van der Waals surface area contributed by atoms with Crippen molar-refractivity contribution in [1.82, 2.24) is 19.9 Å². The van der Waals surface area contributed by atoms with Gasteiger partial charge in [0.05, 0.1) is 6.20 Å². The van der Waals surface area contributed by atoms with Gasteiger partial charge in [-0.15, -0.1) is 0 Å². The maximum Gasteiger partial charge on any atom is 0.432 e. The van der Waals surface area contributed by atoms with Crippen LogP contribution >= 0.6 is 0 Å². The van der Waals surface area contributed by atoms with Gasteiger partial charge in [0.1, 0.15) is 17.1 Å². The van der Waals surface area contributed by atoms with Crippen LogP contribution in [0.15, 0.2) is 23.1 Å². The number of aromatic nitrogens is 3. The Hall–Kier alpha value is -2.58. The van der Waals surface area contributed by atoms with Gasteiger partial charge in [0.2, 0.25) is 0 Å². The number of H-pyrrole nitrogens is 2. The Morgan fingerprint density at radius 1 is 1.32 bits per heavy atom. The first-order valence-electron chi connectivity index (χ1n) is 7.87. The van der Waals surface area contributed by atoms with Crippen LogP contribution in [0.3, 0.4) is 0 Å². The Morgan fingerprint density at radius 2 is 2.08 bits per heavy atom. The molecular weight excluding hydrogens is 337 g/mol. The molecule has 25 heavy (non-hydrogen) atoms. The second kappa shape index (κ2) is 6.38. The van der Waals surface area contributed by atoms with E-state index in [-0.39, 0.29) is 23.9 Å². The van der Waals surface area contributed by atoms with Gasteiger partial charge in [-0.2, -0.15) is 13.2 Å². The average molecular weight is 354 g/mol. The molecule has 1 aliphatic heterocycles. The van der Waals surface area contributed by atoms with Gasteiger partial charge in [-0.1, -0.05) is 0 Å². The molecule has 0 aliphatic carbocycles. The van der Waals surface area contributed by atoms with E-state index in [4.69, 9.17) is 0 Å². The molecule has 0 unspecified atom stereocenters. The third-order valence-corrected chi connectivity index (χ3v) is 4.28. The normalized spacial score (nSPS) is 18.4. The van der Waals surface area contributed by atoms with E-state index >= 15 is 0 Å². The number of nitrogens with one attached hydrogen (secondary N) is 2. The molecule has 3 rings (SSSR count). The minimum Gasteiger partial charge on any atom is -0.338 e. The molecule has 2 N–H and O–H groups in total. The van der Waals surface area contributed by atoms with Crippen molar-refractivity contribution in [3.05, 3.63) is 51.5 Å². The number of aryl methyl sites for hydroxylation is 1. The van der Waals surface area contributed by atoms with E-state index in [1.165, 1.54) is 11.0 Å². The van der Waals surface area contributed by atoms with Crippen LogP contribution in [-0.4, -0.2) is 38.8 Å². The third kappa shape index (κ3) is 3.59. The molecular formula is C16H17F3N4O2. The maximum atomic E-state index is 12.7. The lowest BCUT2D eigenvalue weighted by molar-refractivity contribution is -0.141. The predicted octanol–water partition coefficient (Wildman–Crippen LogP) is 2.45. The van der Waals surface area contributed by atoms with E-state index in [2.05, 4.69) is 15.0 Å². The Labute approximate surface area is 141 Å². The summed E-state index contributed by atoms with van der Waals surface area (Å²) in [5, 5.41) is 0. The fourth-order valence-electron chi connectivity index (χ4n) is 2.98. The molecule has 134 valence electrons. The van der Waals surface area contributed by atoms with Crippen LogP contribution < -0.4 is 5.56 Å². The average Bonchev–Trinajstić information content (AvgIpc) is 3.05. The van der Waals surface area contributed by atoms with Crippen molar-refractivity contribution in [3.63, 3.8) is 0 Å². The van der Waals surface area contributed by atoms with Crippen LogP contribution in [0.1, 0.15) is 46.3 Å². The first kappa shape index (κ1) is 17.2. The summed E-state index contributed by atoms with van der Waals surface area (Å²) in [6.07, 6.45) is -2.47. The van der Waals surface area contributed by atoms with Gasteiger partial charge in [0.25, 0.3) is 11.5 Å². The molecule has 9 heteroatoms. The van der Waals surface area contributed by atoms with Gasteiger partial charge in [0, 0.05) is 24.7 Å². The second-order valence-electron chi connectivity index (χ2n) is 6.15. The van der Waals surface area contributed by atoms with Gasteiger partial charge in [-0.3, -0.25) is 9.59 Å². The van der Waals surface area contributed by atoms with Gasteiger partial charge >= 0.3 is 6.18 Å². The molecule has 0 aromatic carbocycles. The van der Waals surface area contributed by atoms with Crippen molar-refractivity contribution in [1.29, 1.82) is 0 Å². The van der Waals surface area contributed by atoms with E-state index in [1.54, 1.807) is 13.0 Å². The van der Waals surface area contributed by atoms with Gasteiger partial charge in [-0.25, -0.2) is 4.98 Å². The Balaban J connectivity index is 1.78. The van der Waals surface area contributed by atoms with Gasteiger partial charge in [-0.05, 0) is 31.9 Å². The minimum atomic E-state index is -4.48. The second-order valence-corrected chi connectivity index (χ2v) is 6.15. The smallest absolute Gasteiger partial charge is 0.338 e. The number of nitrogens with zero attached hydrogens (tertiary/aromatic N) is 2. The van der Waals surface area contributed by atoms with Crippen molar-refractivity contribution >= 4 is 5.91 Å². The zero-order valence-corrected chi connectivity index (χ0v) is 13.5. The Bertz CT molecular complexity index is 840. The number of amides is 1. The lowest BCUT2D eigenvalue weighted by Crippen LogP contribution is -2.41. The summed E-state index contributed by atoms with van der Waals surface area (Å²) in [7, 11) is 0. The van der Waals surface area contributed by atoms with Crippen LogP contribution in [-0.2, 0) is 6.18 Å². The number of hydrogen-bond acceptors (Lipinski definition) is 3. The van der Waals surface area contributed by atoms with Crippen molar-refractivity contribution in [2.24, 2.45) is 0 Å². The quantitative estimate of drug-likeness (QED) is 0.869. The standard InChI is InChI=1S/C16H17F3N4O2/c1-9-4-5-11(14(24)21-9)15(25)23-6-2-3-10(8-23)13-20-7-12(22-13)16(17,18)19/h4-5,7,10H,2-3,6,8H2,1H3,(H,20,22)(H,21,24)/t10-/m1/s1. The van der Waals surface area contributed by atoms with E-state index in [9.17, 15) is 22.8 Å². The van der Waals surface area contributed by atoms with Crippen molar-refractivity contribution in [2.45, 2.75) is 31.9 Å². The number of imidazole rings is 1. The molecule has 1 atom stereocenters. The lowest BCUT2D eigenvalue weighted by Gasteiger charge is -2.31. The summed E-state index contributed by atoms with van der Waals surface area (Å²) in [6, 6.07) is 3.10. The number of halogens is 3. The number of piperidine rings is 1. The summed E-state index contributed by atoms with van der Waals surface area (Å²) >= 11 is 0. The molecule has 0 radical (unpaired) electrons. The molecule has 1 aliphatic rings. The van der Waals surface area contributed by atoms with Gasteiger partial charge < -0.3 is 14.9 Å². The molecule has 3 heterocycles. The fraction of sp³-hybridized carbons (Fsp3) is 0.438. The van der Waals surface area contributed by atoms with Gasteiger partial charge in [0.15, 0.2) is 0 Å². The monoisotopic (exact) mass is 354 g/mol. The van der Waals surface area contributed by atoms with Crippen molar-refractivity contribution in [3.8, 4) is 0 Å². The molecule has 1 amide bonds. The molecule has 1 saturated heterocycles. The van der Waals surface area contributed by atoms with Crippen molar-refractivity contribution < 1.29 is 18.0 Å². The maximum absolute atomic E-state index is 12.7. The highest BCUT2D eigenvalue weighted by atomic mass is 19.4. The minimum absolute atomic E-state index is 0.0293. The number of alkyl halides is 3. The molecule has 0 saturated carbocycles. The predicted molar refractivity (Wildman–Crippen MR) is 83.3 cm³/mol. The van der Waals surface area contributed by atoms with Crippen LogP contribution in [0.25, 0.3) is 0 Å². The van der Waals surface area contributed by atoms with E-state index in [1.807, 2.05) is 0 Å². The molecule has 1 fully saturated rings.